The maximum Gasteiger partial charge on any atom is 0.225 e. The van der Waals surface area contributed by atoms with Crippen molar-refractivity contribution >= 4 is 12.2 Å². The highest BCUT2D eigenvalue weighted by Crippen LogP contribution is 2.24. The third kappa shape index (κ3) is 14.5. The second-order valence-corrected chi connectivity index (χ2v) is 6.15. The van der Waals surface area contributed by atoms with Crippen LogP contribution in [0, 0.1) is 17.8 Å². The van der Waals surface area contributed by atoms with Crippen LogP contribution in [0.5, 0.6) is 0 Å². The molecule has 1 aliphatic carbocycles. The zero-order valence-corrected chi connectivity index (χ0v) is 17.6. The molecule has 0 saturated heterocycles. The van der Waals surface area contributed by atoms with Gasteiger partial charge in [0.1, 0.15) is 0 Å². The summed E-state index contributed by atoms with van der Waals surface area (Å²) in [6, 6.07) is 0. The Kier molecular flexibility index (Phi) is 18.4. The average molecular weight is 376 g/mol. The molecule has 0 aromatic carbocycles. The average Bonchev–Trinajstić information content (AvgIpc) is 2.70. The molecule has 1 saturated carbocycles. The number of nitrogens with two attached hydrogens (primary N) is 2. The standard InChI is InChI=1S/C12H15NO.C9H17NO.CH5N/c1-3-5-6-8-11(7-4-2)9-12(13)10-14;1-10(2)9(11)8-6-4-3-5-7-8;1-2/h4,7-10H,3,13H2,1-2H3;8H,3-7H2,1-2H3;2H2,1H3/b7-4-,11-8+,12-9-;;. The molecule has 5 heteroatoms. The number of aldehydes is 1. The fourth-order valence-electron chi connectivity index (χ4n) is 2.51. The summed E-state index contributed by atoms with van der Waals surface area (Å²) >= 11 is 0. The Balaban J connectivity index is 0. The predicted molar refractivity (Wildman–Crippen MR) is 115 cm³/mol. The highest BCUT2D eigenvalue weighted by Gasteiger charge is 2.21. The summed E-state index contributed by atoms with van der Waals surface area (Å²) in [7, 11) is 5.19. The number of carbonyl (C=O) groups excluding carboxylic acids is 2. The number of carbonyl (C=O) groups is 2. The summed E-state index contributed by atoms with van der Waals surface area (Å²) in [6.07, 6.45) is 14.5. The number of rotatable bonds is 4. The van der Waals surface area contributed by atoms with Crippen LogP contribution < -0.4 is 11.5 Å². The van der Waals surface area contributed by atoms with Crippen molar-refractivity contribution in [1.29, 1.82) is 0 Å². The molecule has 0 atom stereocenters. The lowest BCUT2D eigenvalue weighted by atomic mass is 9.88. The third-order valence-electron chi connectivity index (χ3n) is 3.74. The molecule has 1 amide bonds. The van der Waals surface area contributed by atoms with Crippen LogP contribution in [-0.4, -0.2) is 38.2 Å². The topological polar surface area (TPSA) is 89.4 Å². The van der Waals surface area contributed by atoms with Crippen LogP contribution in [0.1, 0.15) is 52.4 Å². The molecule has 4 N–H and O–H groups in total. The summed E-state index contributed by atoms with van der Waals surface area (Å²) in [5, 5.41) is 0. The molecular weight excluding hydrogens is 338 g/mol. The minimum absolute atomic E-state index is 0.202. The Bertz CT molecular complexity index is 558. The second kappa shape index (κ2) is 18.5. The van der Waals surface area contributed by atoms with E-state index >= 15 is 0 Å². The van der Waals surface area contributed by atoms with Crippen molar-refractivity contribution in [3.8, 4) is 11.8 Å². The molecule has 152 valence electrons. The fourth-order valence-corrected chi connectivity index (χ4v) is 2.51. The minimum Gasteiger partial charge on any atom is -0.396 e. The third-order valence-corrected chi connectivity index (χ3v) is 3.74. The largest absolute Gasteiger partial charge is 0.396 e. The van der Waals surface area contributed by atoms with Crippen LogP contribution in [0.2, 0.25) is 0 Å². The van der Waals surface area contributed by atoms with Crippen LogP contribution in [0.15, 0.2) is 35.6 Å². The van der Waals surface area contributed by atoms with Gasteiger partial charge in [0.2, 0.25) is 5.91 Å². The first-order valence-corrected chi connectivity index (χ1v) is 9.48. The number of hydrogen-bond donors (Lipinski definition) is 2. The Morgan fingerprint density at radius 2 is 1.78 bits per heavy atom. The molecule has 0 spiro atoms. The smallest absolute Gasteiger partial charge is 0.225 e. The molecular formula is C22H37N3O2. The van der Waals surface area contributed by atoms with E-state index < -0.39 is 0 Å². The van der Waals surface area contributed by atoms with Crippen LogP contribution >= 0.6 is 0 Å². The van der Waals surface area contributed by atoms with E-state index in [2.05, 4.69) is 17.6 Å². The maximum absolute atomic E-state index is 11.4. The molecule has 0 aliphatic heterocycles. The van der Waals surface area contributed by atoms with E-state index in [4.69, 9.17) is 5.73 Å². The summed E-state index contributed by atoms with van der Waals surface area (Å²) in [5.74, 6) is 6.44. The molecule has 0 radical (unpaired) electrons. The molecule has 0 heterocycles. The van der Waals surface area contributed by atoms with Gasteiger partial charge in [0.15, 0.2) is 6.29 Å². The van der Waals surface area contributed by atoms with Gasteiger partial charge in [-0.3, -0.25) is 9.59 Å². The molecule has 0 aromatic rings. The fraction of sp³-hybridized carbons (Fsp3) is 0.545. The minimum atomic E-state index is 0.202. The Labute approximate surface area is 165 Å². The predicted octanol–water partition coefficient (Wildman–Crippen LogP) is 3.17. The molecule has 27 heavy (non-hydrogen) atoms. The van der Waals surface area contributed by atoms with Gasteiger partial charge in [-0.15, -0.1) is 0 Å². The van der Waals surface area contributed by atoms with Crippen molar-refractivity contribution in [1.82, 2.24) is 4.90 Å². The number of hydrogen-bond acceptors (Lipinski definition) is 4. The molecule has 0 bridgehead atoms. The van der Waals surface area contributed by atoms with Gasteiger partial charge in [-0.25, -0.2) is 0 Å². The number of nitrogens with zero attached hydrogens (tertiary/aromatic N) is 1. The monoisotopic (exact) mass is 375 g/mol. The van der Waals surface area contributed by atoms with Crippen LogP contribution in [-0.2, 0) is 9.59 Å². The van der Waals surface area contributed by atoms with Gasteiger partial charge in [-0.2, -0.15) is 0 Å². The van der Waals surface area contributed by atoms with E-state index in [-0.39, 0.29) is 5.70 Å². The molecule has 0 aromatic heterocycles. The molecule has 1 fully saturated rings. The van der Waals surface area contributed by atoms with Crippen LogP contribution in [0.3, 0.4) is 0 Å². The van der Waals surface area contributed by atoms with Crippen LogP contribution in [0.4, 0.5) is 0 Å². The van der Waals surface area contributed by atoms with E-state index in [1.807, 2.05) is 40.1 Å². The van der Waals surface area contributed by atoms with Crippen molar-refractivity contribution in [2.75, 3.05) is 21.1 Å². The van der Waals surface area contributed by atoms with Crippen molar-refractivity contribution in [2.45, 2.75) is 52.4 Å². The van der Waals surface area contributed by atoms with E-state index in [0.29, 0.717) is 18.1 Å². The first-order chi connectivity index (χ1) is 13.0. The van der Waals surface area contributed by atoms with Gasteiger partial charge in [-0.05, 0) is 44.5 Å². The van der Waals surface area contributed by atoms with Crippen molar-refractivity contribution in [3.63, 3.8) is 0 Å². The van der Waals surface area contributed by atoms with Gasteiger partial charge in [0.25, 0.3) is 0 Å². The maximum atomic E-state index is 11.4. The molecule has 0 unspecified atom stereocenters. The Hall–Kier alpha value is -2.32. The summed E-state index contributed by atoms with van der Waals surface area (Å²) in [5.41, 5.74) is 10.9. The lowest BCUT2D eigenvalue weighted by molar-refractivity contribution is -0.133. The summed E-state index contributed by atoms with van der Waals surface area (Å²) < 4.78 is 0. The normalized spacial score (nSPS) is 14.7. The quantitative estimate of drug-likeness (QED) is 0.342. The second-order valence-electron chi connectivity index (χ2n) is 6.15. The van der Waals surface area contributed by atoms with Gasteiger partial charge < -0.3 is 16.4 Å². The number of allylic oxidation sites excluding steroid dienone is 6. The van der Waals surface area contributed by atoms with E-state index in [9.17, 15) is 9.59 Å². The summed E-state index contributed by atoms with van der Waals surface area (Å²) in [4.78, 5) is 23.4. The number of amides is 1. The van der Waals surface area contributed by atoms with Gasteiger partial charge in [0, 0.05) is 26.4 Å². The SMILES string of the molecule is CN.CN(C)C(=O)C1CCCCC1.C\C=C/C(/C=C(\N)C=O)=C\C#CCC. The van der Waals surface area contributed by atoms with Crippen molar-refractivity contribution < 1.29 is 9.59 Å². The Morgan fingerprint density at radius 3 is 2.22 bits per heavy atom. The lowest BCUT2D eigenvalue weighted by Gasteiger charge is -2.23. The van der Waals surface area contributed by atoms with E-state index in [1.165, 1.54) is 26.3 Å². The van der Waals surface area contributed by atoms with Crippen molar-refractivity contribution in [2.24, 2.45) is 17.4 Å². The summed E-state index contributed by atoms with van der Waals surface area (Å²) in [6.45, 7) is 3.87. The zero-order valence-electron chi connectivity index (χ0n) is 17.6. The zero-order chi connectivity index (χ0) is 21.1. The highest BCUT2D eigenvalue weighted by atomic mass is 16.2. The van der Waals surface area contributed by atoms with Crippen molar-refractivity contribution in [3.05, 3.63) is 35.6 Å². The molecule has 5 nitrogen and oxygen atoms in total. The first kappa shape index (κ1) is 26.9. The lowest BCUT2D eigenvalue weighted by Crippen LogP contribution is -2.30. The van der Waals surface area contributed by atoms with Gasteiger partial charge in [-0.1, -0.05) is 50.2 Å². The van der Waals surface area contributed by atoms with Crippen LogP contribution in [0.25, 0.3) is 0 Å². The van der Waals surface area contributed by atoms with Gasteiger partial charge >= 0.3 is 0 Å². The van der Waals surface area contributed by atoms with Gasteiger partial charge in [0.05, 0.1) is 5.70 Å². The first-order valence-electron chi connectivity index (χ1n) is 9.48. The Morgan fingerprint density at radius 1 is 1.19 bits per heavy atom. The molecule has 1 rings (SSSR count). The van der Waals surface area contributed by atoms with E-state index in [0.717, 1.165) is 24.8 Å². The highest BCUT2D eigenvalue weighted by molar-refractivity contribution is 5.78. The van der Waals surface area contributed by atoms with E-state index in [1.54, 1.807) is 17.1 Å². The molecule has 1 aliphatic rings.